The Labute approximate surface area is 148 Å². The fourth-order valence-corrected chi connectivity index (χ4v) is 2.58. The van der Waals surface area contributed by atoms with Crippen molar-refractivity contribution in [1.82, 2.24) is 14.7 Å². The average molecular weight is 358 g/mol. The summed E-state index contributed by atoms with van der Waals surface area (Å²) in [7, 11) is 3.04. The predicted octanol–water partition coefficient (Wildman–Crippen LogP) is 1.66. The van der Waals surface area contributed by atoms with Crippen LogP contribution in [0.3, 0.4) is 0 Å². The molecule has 0 fully saturated rings. The second kappa shape index (κ2) is 6.87. The molecule has 136 valence electrons. The second-order valence-corrected chi connectivity index (χ2v) is 5.65. The van der Waals surface area contributed by atoms with Crippen LogP contribution in [0.4, 0.5) is 5.69 Å². The van der Waals surface area contributed by atoms with E-state index in [9.17, 15) is 9.59 Å². The van der Waals surface area contributed by atoms with Gasteiger partial charge >= 0.3 is 0 Å². The Bertz CT molecular complexity index is 1020. The molecule has 3 aromatic rings. The minimum absolute atomic E-state index is 0.166. The number of carbonyl (C=O) groups is 1. The Morgan fingerprint density at radius 2 is 1.85 bits per heavy atom. The van der Waals surface area contributed by atoms with E-state index >= 15 is 0 Å². The molecule has 0 saturated heterocycles. The summed E-state index contributed by atoms with van der Waals surface area (Å²) in [5.41, 5.74) is 0.722. The third-order valence-electron chi connectivity index (χ3n) is 3.89. The lowest BCUT2D eigenvalue weighted by Gasteiger charge is -2.12. The number of nitrogens with one attached hydrogen (secondary N) is 1. The van der Waals surface area contributed by atoms with E-state index in [1.54, 1.807) is 32.0 Å². The first-order chi connectivity index (χ1) is 12.4. The van der Waals surface area contributed by atoms with Gasteiger partial charge in [0.15, 0.2) is 0 Å². The van der Waals surface area contributed by atoms with Gasteiger partial charge in [-0.15, -0.1) is 0 Å². The molecule has 1 amide bonds. The summed E-state index contributed by atoms with van der Waals surface area (Å²) in [6.07, 6.45) is 0. The molecule has 1 N–H and O–H groups in total. The molecule has 26 heavy (non-hydrogen) atoms. The van der Waals surface area contributed by atoms with Crippen molar-refractivity contribution in [1.29, 1.82) is 0 Å². The predicted molar refractivity (Wildman–Crippen MR) is 93.7 cm³/mol. The molecule has 9 heteroatoms. The number of hydrogen-bond acceptors (Lipinski definition) is 7. The van der Waals surface area contributed by atoms with Gasteiger partial charge in [0.2, 0.25) is 5.91 Å². The monoisotopic (exact) mass is 358 g/mol. The number of anilines is 1. The van der Waals surface area contributed by atoms with E-state index < -0.39 is 0 Å². The number of rotatable bonds is 5. The van der Waals surface area contributed by atoms with Crippen LogP contribution in [-0.2, 0) is 11.3 Å². The molecule has 0 aliphatic heterocycles. The van der Waals surface area contributed by atoms with E-state index in [0.29, 0.717) is 28.7 Å². The standard InChI is InChI=1S/C17H18N4O5/c1-9-15-16(26-20-9)18-10(2)21(17(15)23)8-14(22)19-11-5-12(24-3)7-13(6-11)25-4/h5-7H,8H2,1-4H3,(H,19,22). The van der Waals surface area contributed by atoms with E-state index in [0.717, 1.165) is 0 Å². The summed E-state index contributed by atoms with van der Waals surface area (Å²) >= 11 is 0. The molecule has 0 unspecified atom stereocenters. The van der Waals surface area contributed by atoms with Crippen LogP contribution in [0.5, 0.6) is 11.5 Å². The van der Waals surface area contributed by atoms with Gasteiger partial charge in [-0.1, -0.05) is 5.16 Å². The van der Waals surface area contributed by atoms with Crippen molar-refractivity contribution in [2.24, 2.45) is 0 Å². The molecule has 9 nitrogen and oxygen atoms in total. The first kappa shape index (κ1) is 17.5. The summed E-state index contributed by atoms with van der Waals surface area (Å²) in [6.45, 7) is 3.08. The van der Waals surface area contributed by atoms with Crippen molar-refractivity contribution in [2.75, 3.05) is 19.5 Å². The molecule has 0 aliphatic carbocycles. The van der Waals surface area contributed by atoms with Gasteiger partial charge in [-0.05, 0) is 13.8 Å². The normalized spacial score (nSPS) is 10.8. The fourth-order valence-electron chi connectivity index (χ4n) is 2.58. The molecule has 0 aliphatic rings. The van der Waals surface area contributed by atoms with Gasteiger partial charge in [-0.2, -0.15) is 4.98 Å². The summed E-state index contributed by atoms with van der Waals surface area (Å²) in [6, 6.07) is 5.00. The van der Waals surface area contributed by atoms with Crippen molar-refractivity contribution < 1.29 is 18.8 Å². The van der Waals surface area contributed by atoms with Crippen LogP contribution in [0.1, 0.15) is 11.5 Å². The quantitative estimate of drug-likeness (QED) is 0.739. The fraction of sp³-hybridized carbons (Fsp3) is 0.294. The van der Waals surface area contributed by atoms with Gasteiger partial charge in [0.25, 0.3) is 11.3 Å². The number of methoxy groups -OCH3 is 2. The Morgan fingerprint density at radius 1 is 1.19 bits per heavy atom. The highest BCUT2D eigenvalue weighted by molar-refractivity contribution is 5.91. The van der Waals surface area contributed by atoms with Crippen LogP contribution in [0.2, 0.25) is 0 Å². The smallest absolute Gasteiger partial charge is 0.267 e. The number of ether oxygens (including phenoxy) is 2. The SMILES string of the molecule is COc1cc(NC(=O)Cn2c(C)nc3onc(C)c3c2=O)cc(OC)c1. The van der Waals surface area contributed by atoms with Gasteiger partial charge < -0.3 is 19.3 Å². The molecular formula is C17H18N4O5. The van der Waals surface area contributed by atoms with Crippen LogP contribution in [0.15, 0.2) is 27.5 Å². The summed E-state index contributed by atoms with van der Waals surface area (Å²) < 4.78 is 16.6. The maximum absolute atomic E-state index is 12.6. The van der Waals surface area contributed by atoms with Crippen LogP contribution >= 0.6 is 0 Å². The van der Waals surface area contributed by atoms with Crippen LogP contribution < -0.4 is 20.3 Å². The number of aromatic nitrogens is 3. The third kappa shape index (κ3) is 3.23. The van der Waals surface area contributed by atoms with Gasteiger partial charge in [-0.3, -0.25) is 14.2 Å². The van der Waals surface area contributed by atoms with Gasteiger partial charge in [0.1, 0.15) is 29.3 Å². The van der Waals surface area contributed by atoms with E-state index in [2.05, 4.69) is 15.5 Å². The van der Waals surface area contributed by atoms with E-state index in [1.165, 1.54) is 18.8 Å². The van der Waals surface area contributed by atoms with Crippen LogP contribution in [-0.4, -0.2) is 34.8 Å². The van der Waals surface area contributed by atoms with Gasteiger partial charge in [0.05, 0.1) is 19.9 Å². The van der Waals surface area contributed by atoms with Crippen LogP contribution in [0, 0.1) is 13.8 Å². The zero-order chi connectivity index (χ0) is 18.8. The van der Waals surface area contributed by atoms with Crippen LogP contribution in [0.25, 0.3) is 11.1 Å². The molecule has 0 spiro atoms. The maximum Gasteiger partial charge on any atom is 0.267 e. The topological polar surface area (TPSA) is 108 Å². The van der Waals surface area contributed by atoms with E-state index in [-0.39, 0.29) is 29.1 Å². The highest BCUT2D eigenvalue weighted by atomic mass is 16.5. The molecule has 3 rings (SSSR count). The molecule has 0 saturated carbocycles. The number of benzene rings is 1. The van der Waals surface area contributed by atoms with Gasteiger partial charge in [-0.25, -0.2) is 0 Å². The third-order valence-corrected chi connectivity index (χ3v) is 3.89. The largest absolute Gasteiger partial charge is 0.497 e. The van der Waals surface area contributed by atoms with E-state index in [4.69, 9.17) is 14.0 Å². The summed E-state index contributed by atoms with van der Waals surface area (Å²) in [5.74, 6) is 1.05. The summed E-state index contributed by atoms with van der Waals surface area (Å²) in [4.78, 5) is 29.2. The number of hydrogen-bond donors (Lipinski definition) is 1. The van der Waals surface area contributed by atoms with Crippen molar-refractivity contribution >= 4 is 22.7 Å². The average Bonchev–Trinajstić information content (AvgIpc) is 2.98. The van der Waals surface area contributed by atoms with E-state index in [1.807, 2.05) is 0 Å². The molecule has 2 aromatic heterocycles. The molecule has 0 radical (unpaired) electrons. The molecule has 1 aromatic carbocycles. The lowest BCUT2D eigenvalue weighted by Crippen LogP contribution is -2.30. The Morgan fingerprint density at radius 3 is 2.46 bits per heavy atom. The highest BCUT2D eigenvalue weighted by Crippen LogP contribution is 2.25. The first-order valence-electron chi connectivity index (χ1n) is 7.79. The first-order valence-corrected chi connectivity index (χ1v) is 7.79. The molecule has 0 bridgehead atoms. The Hall–Kier alpha value is -3.36. The molecule has 0 atom stereocenters. The Kier molecular flexibility index (Phi) is 4.61. The van der Waals surface area contributed by atoms with Crippen molar-refractivity contribution in [3.63, 3.8) is 0 Å². The minimum Gasteiger partial charge on any atom is -0.497 e. The maximum atomic E-state index is 12.6. The zero-order valence-corrected chi connectivity index (χ0v) is 14.8. The summed E-state index contributed by atoms with van der Waals surface area (Å²) in [5, 5.41) is 6.74. The number of fused-ring (bicyclic) bond motifs is 1. The number of aryl methyl sites for hydroxylation is 2. The lowest BCUT2D eigenvalue weighted by atomic mass is 10.2. The van der Waals surface area contributed by atoms with Gasteiger partial charge in [0, 0.05) is 23.9 Å². The van der Waals surface area contributed by atoms with Crippen molar-refractivity contribution in [2.45, 2.75) is 20.4 Å². The van der Waals surface area contributed by atoms with Crippen molar-refractivity contribution in [3.8, 4) is 11.5 Å². The minimum atomic E-state index is -0.388. The molecule has 2 heterocycles. The molecular weight excluding hydrogens is 340 g/mol. The highest BCUT2D eigenvalue weighted by Gasteiger charge is 2.17. The number of amides is 1. The van der Waals surface area contributed by atoms with Crippen molar-refractivity contribution in [3.05, 3.63) is 40.1 Å². The number of nitrogens with zero attached hydrogens (tertiary/aromatic N) is 3. The zero-order valence-electron chi connectivity index (χ0n) is 14.8. The Balaban J connectivity index is 1.88. The second-order valence-electron chi connectivity index (χ2n) is 5.65. The number of carbonyl (C=O) groups excluding carboxylic acids is 1. The lowest BCUT2D eigenvalue weighted by molar-refractivity contribution is -0.116.